The van der Waals surface area contributed by atoms with Crippen molar-refractivity contribution >= 4 is 52.6 Å². The van der Waals surface area contributed by atoms with Crippen LogP contribution in [-0.2, 0) is 14.3 Å². The number of rotatable bonds is 6. The fourth-order valence-corrected chi connectivity index (χ4v) is 4.28. The number of urea groups is 1. The number of imide groups is 2. The lowest BCUT2D eigenvalue weighted by Crippen LogP contribution is -2.52. The number of barbiturate groups is 1. The van der Waals surface area contributed by atoms with E-state index < -0.39 is 23.8 Å². The van der Waals surface area contributed by atoms with Crippen LogP contribution in [0.15, 0.2) is 40.9 Å². The maximum absolute atomic E-state index is 13.0. The number of aliphatic imine (C=N–C) groups is 1. The molecule has 1 aromatic carbocycles. The highest BCUT2D eigenvalue weighted by Crippen LogP contribution is 2.43. The number of ether oxygens (including phenoxy) is 1. The molecule has 0 aliphatic carbocycles. The highest BCUT2D eigenvalue weighted by Gasteiger charge is 2.38. The summed E-state index contributed by atoms with van der Waals surface area (Å²) < 4.78 is 5.30. The monoisotopic (exact) mass is 468 g/mol. The Hall–Kier alpha value is -3.79. The lowest BCUT2D eigenvalue weighted by molar-refractivity contribution is -0.134. The Morgan fingerprint density at radius 2 is 1.70 bits per heavy atom. The van der Waals surface area contributed by atoms with Crippen LogP contribution in [0.4, 0.5) is 9.80 Å². The second-order valence-electron chi connectivity index (χ2n) is 7.39. The summed E-state index contributed by atoms with van der Waals surface area (Å²) in [6, 6.07) is 8.40. The Morgan fingerprint density at radius 1 is 1.09 bits per heavy atom. The highest BCUT2D eigenvalue weighted by atomic mass is 32.1. The van der Waals surface area contributed by atoms with Gasteiger partial charge in [0.1, 0.15) is 16.1 Å². The maximum Gasteiger partial charge on any atom is 0.341 e. The van der Waals surface area contributed by atoms with Gasteiger partial charge in [-0.15, -0.1) is 11.3 Å². The third-order valence-corrected chi connectivity index (χ3v) is 5.83. The summed E-state index contributed by atoms with van der Waals surface area (Å²) in [6.45, 7) is 1.88. The van der Waals surface area contributed by atoms with Crippen molar-refractivity contribution in [2.75, 3.05) is 34.8 Å². The van der Waals surface area contributed by atoms with Gasteiger partial charge in [-0.25, -0.2) is 14.6 Å². The molecule has 0 saturated carbocycles. The van der Waals surface area contributed by atoms with E-state index in [1.807, 2.05) is 30.3 Å². The van der Waals surface area contributed by atoms with E-state index in [1.165, 1.54) is 20.2 Å². The average molecular weight is 469 g/mol. The first-order valence-electron chi connectivity index (χ1n) is 10.1. The van der Waals surface area contributed by atoms with Gasteiger partial charge in [-0.3, -0.25) is 19.4 Å². The van der Waals surface area contributed by atoms with E-state index in [4.69, 9.17) is 4.74 Å². The maximum atomic E-state index is 13.0. The number of carbonyl (C=O) groups is 4. The Bertz CT molecular complexity index is 1140. The molecule has 0 unspecified atom stereocenters. The Balaban J connectivity index is 2.31. The summed E-state index contributed by atoms with van der Waals surface area (Å²) in [5, 5.41) is 0.376. The molecule has 1 fully saturated rings. The number of nitrogens with zero attached hydrogens (tertiary/aromatic N) is 4. The van der Waals surface area contributed by atoms with Crippen molar-refractivity contribution in [1.29, 1.82) is 0 Å². The predicted octanol–water partition coefficient (Wildman–Crippen LogP) is 3.25. The largest absolute Gasteiger partial charge is 0.462 e. The number of thiophene rings is 1. The SMILES string of the molecule is CCOC(=O)c1c(/N=C/N(C)C)sc(C=C2C(=O)N(C)C(=O)N(C)C2=O)c1-c1ccccc1. The van der Waals surface area contributed by atoms with Crippen LogP contribution in [0.25, 0.3) is 17.2 Å². The minimum atomic E-state index is -0.716. The van der Waals surface area contributed by atoms with Crippen LogP contribution < -0.4 is 0 Å². The van der Waals surface area contributed by atoms with Crippen LogP contribution >= 0.6 is 11.3 Å². The first-order chi connectivity index (χ1) is 15.7. The molecule has 1 saturated heterocycles. The molecule has 2 aromatic rings. The number of carbonyl (C=O) groups excluding carboxylic acids is 4. The van der Waals surface area contributed by atoms with E-state index in [0.717, 1.165) is 21.1 Å². The molecule has 172 valence electrons. The molecule has 4 amide bonds. The van der Waals surface area contributed by atoms with E-state index in [-0.39, 0.29) is 17.7 Å². The van der Waals surface area contributed by atoms with Crippen LogP contribution in [0.2, 0.25) is 0 Å². The van der Waals surface area contributed by atoms with Crippen molar-refractivity contribution in [3.63, 3.8) is 0 Å². The van der Waals surface area contributed by atoms with Gasteiger partial charge in [0.05, 0.1) is 12.9 Å². The van der Waals surface area contributed by atoms with Crippen LogP contribution in [0.1, 0.15) is 22.2 Å². The highest BCUT2D eigenvalue weighted by molar-refractivity contribution is 7.17. The number of esters is 1. The molecule has 0 N–H and O–H groups in total. The third-order valence-electron chi connectivity index (χ3n) is 4.78. The lowest BCUT2D eigenvalue weighted by Gasteiger charge is -2.28. The van der Waals surface area contributed by atoms with E-state index in [2.05, 4.69) is 4.99 Å². The van der Waals surface area contributed by atoms with E-state index in [1.54, 1.807) is 32.3 Å². The Kier molecular flexibility index (Phi) is 7.07. The summed E-state index contributed by atoms with van der Waals surface area (Å²) in [5.41, 5.74) is 1.26. The van der Waals surface area contributed by atoms with Gasteiger partial charge in [-0.2, -0.15) is 0 Å². The van der Waals surface area contributed by atoms with Crippen LogP contribution in [0, 0.1) is 0 Å². The number of hydrogen-bond acceptors (Lipinski definition) is 7. The zero-order chi connectivity index (χ0) is 24.3. The van der Waals surface area contributed by atoms with Gasteiger partial charge in [0.2, 0.25) is 0 Å². The summed E-state index contributed by atoms with van der Waals surface area (Å²) in [7, 11) is 6.21. The quantitative estimate of drug-likeness (QED) is 0.212. The number of likely N-dealkylation sites (N-methyl/N-ethyl adjacent to an activating group) is 2. The van der Waals surface area contributed by atoms with Gasteiger partial charge in [0.15, 0.2) is 0 Å². The molecule has 10 heteroatoms. The molecule has 0 atom stereocenters. The third kappa shape index (κ3) is 4.70. The molecule has 1 aliphatic heterocycles. The first-order valence-corrected chi connectivity index (χ1v) is 10.9. The minimum Gasteiger partial charge on any atom is -0.462 e. The van der Waals surface area contributed by atoms with Crippen molar-refractivity contribution in [2.45, 2.75) is 6.92 Å². The zero-order valence-electron chi connectivity index (χ0n) is 19.0. The topological polar surface area (TPSA) is 99.6 Å². The van der Waals surface area contributed by atoms with Crippen LogP contribution in [-0.4, -0.2) is 79.7 Å². The number of benzene rings is 1. The molecular formula is C23H24N4O5S. The molecule has 2 heterocycles. The van der Waals surface area contributed by atoms with Crippen molar-refractivity contribution in [1.82, 2.24) is 14.7 Å². The normalized spacial score (nSPS) is 14.3. The molecule has 9 nitrogen and oxygen atoms in total. The van der Waals surface area contributed by atoms with E-state index in [9.17, 15) is 19.2 Å². The van der Waals surface area contributed by atoms with E-state index in [0.29, 0.717) is 21.0 Å². The fraction of sp³-hybridized carbons (Fsp3) is 0.261. The Morgan fingerprint density at radius 3 is 2.24 bits per heavy atom. The molecule has 33 heavy (non-hydrogen) atoms. The minimum absolute atomic E-state index is 0.171. The number of amides is 4. The smallest absolute Gasteiger partial charge is 0.341 e. The molecular weight excluding hydrogens is 444 g/mol. The summed E-state index contributed by atoms with van der Waals surface area (Å²) >= 11 is 1.15. The van der Waals surface area contributed by atoms with Gasteiger partial charge >= 0.3 is 12.0 Å². The van der Waals surface area contributed by atoms with Crippen molar-refractivity contribution < 1.29 is 23.9 Å². The average Bonchev–Trinajstić information content (AvgIpc) is 3.17. The predicted molar refractivity (Wildman–Crippen MR) is 126 cm³/mol. The second-order valence-corrected chi connectivity index (χ2v) is 8.42. The lowest BCUT2D eigenvalue weighted by atomic mass is 9.99. The van der Waals surface area contributed by atoms with Crippen molar-refractivity contribution in [3.05, 3.63) is 46.3 Å². The van der Waals surface area contributed by atoms with Crippen molar-refractivity contribution in [3.8, 4) is 11.1 Å². The molecule has 3 rings (SSSR count). The first kappa shape index (κ1) is 23.9. The van der Waals surface area contributed by atoms with Gasteiger partial charge in [0, 0.05) is 38.6 Å². The van der Waals surface area contributed by atoms with Gasteiger partial charge in [-0.05, 0) is 18.6 Å². The molecule has 0 bridgehead atoms. The summed E-state index contributed by atoms with van der Waals surface area (Å²) in [4.78, 5) is 59.0. The van der Waals surface area contributed by atoms with Crippen LogP contribution in [0.5, 0.6) is 0 Å². The molecule has 0 radical (unpaired) electrons. The molecule has 0 spiro atoms. The van der Waals surface area contributed by atoms with Crippen molar-refractivity contribution in [2.24, 2.45) is 4.99 Å². The zero-order valence-corrected chi connectivity index (χ0v) is 19.8. The second kappa shape index (κ2) is 9.78. The fourth-order valence-electron chi connectivity index (χ4n) is 3.19. The standard InChI is InChI=1S/C23H24N4O5S/c1-6-32-22(30)18-17(14-10-8-7-9-11-14)16(33-19(18)24-13-25(2)3)12-15-20(28)26(4)23(31)27(5)21(15)29/h7-13H,6H2,1-5H3/b24-13+. The van der Waals surface area contributed by atoms with Gasteiger partial charge in [-0.1, -0.05) is 30.3 Å². The van der Waals surface area contributed by atoms with Gasteiger partial charge in [0.25, 0.3) is 11.8 Å². The number of hydrogen-bond donors (Lipinski definition) is 0. The van der Waals surface area contributed by atoms with Crippen LogP contribution in [0.3, 0.4) is 0 Å². The molecule has 1 aliphatic rings. The van der Waals surface area contributed by atoms with Gasteiger partial charge < -0.3 is 9.64 Å². The summed E-state index contributed by atoms with van der Waals surface area (Å²) in [6.07, 6.45) is 2.96. The molecule has 1 aromatic heterocycles. The summed E-state index contributed by atoms with van der Waals surface area (Å²) in [5.74, 6) is -1.99. The Labute approximate surface area is 195 Å². The van der Waals surface area contributed by atoms with E-state index >= 15 is 0 Å².